The van der Waals surface area contributed by atoms with Gasteiger partial charge in [0.15, 0.2) is 0 Å². The van der Waals surface area contributed by atoms with Crippen molar-refractivity contribution in [1.82, 2.24) is 0 Å². The quantitative estimate of drug-likeness (QED) is 0.227. The average molecular weight is 435 g/mol. The van der Waals surface area contributed by atoms with Gasteiger partial charge in [-0.2, -0.15) is 0 Å². The molecule has 2 fully saturated rings. The fourth-order valence-corrected chi connectivity index (χ4v) is 6.09. The Hall–Kier alpha value is -1.30. The van der Waals surface area contributed by atoms with Crippen LogP contribution in [0.25, 0.3) is 6.08 Å². The van der Waals surface area contributed by atoms with Crippen LogP contribution in [0.15, 0.2) is 42.5 Å². The minimum absolute atomic E-state index is 0.799. The zero-order valence-electron chi connectivity index (χ0n) is 21.2. The maximum atomic E-state index is 2.46. The van der Waals surface area contributed by atoms with E-state index in [9.17, 15) is 0 Å². The molecule has 0 heterocycles. The molecule has 0 unspecified atom stereocenters. The van der Waals surface area contributed by atoms with Crippen LogP contribution in [0.2, 0.25) is 0 Å². The van der Waals surface area contributed by atoms with Crippen molar-refractivity contribution < 1.29 is 0 Å². The minimum atomic E-state index is 0.799. The van der Waals surface area contributed by atoms with Crippen LogP contribution in [0.1, 0.15) is 134 Å². The summed E-state index contributed by atoms with van der Waals surface area (Å²) in [6.45, 7) is 4.62. The molecule has 178 valence electrons. The second kappa shape index (κ2) is 14.8. The van der Waals surface area contributed by atoms with Crippen molar-refractivity contribution in [3.63, 3.8) is 0 Å². The van der Waals surface area contributed by atoms with E-state index in [1.54, 1.807) is 5.56 Å². The third-order valence-electron chi connectivity index (χ3n) is 8.36. The highest BCUT2D eigenvalue weighted by atomic mass is 14.3. The van der Waals surface area contributed by atoms with E-state index in [1.165, 1.54) is 108 Å². The highest BCUT2D eigenvalue weighted by Crippen LogP contribution is 2.38. The topological polar surface area (TPSA) is 0 Å². The highest BCUT2D eigenvalue weighted by Gasteiger charge is 2.22. The van der Waals surface area contributed by atoms with Crippen molar-refractivity contribution in [3.8, 4) is 0 Å². The fourth-order valence-electron chi connectivity index (χ4n) is 6.09. The van der Waals surface area contributed by atoms with Crippen LogP contribution in [0.3, 0.4) is 0 Å². The Morgan fingerprint density at radius 3 is 1.78 bits per heavy atom. The molecular weight excluding hydrogens is 384 g/mol. The van der Waals surface area contributed by atoms with Gasteiger partial charge in [0.1, 0.15) is 0 Å². The molecule has 32 heavy (non-hydrogen) atoms. The van der Waals surface area contributed by atoms with Gasteiger partial charge >= 0.3 is 0 Å². The Labute approximate surface area is 200 Å². The van der Waals surface area contributed by atoms with Gasteiger partial charge in [-0.1, -0.05) is 114 Å². The summed E-state index contributed by atoms with van der Waals surface area (Å²) in [6, 6.07) is 9.44. The van der Waals surface area contributed by atoms with E-state index < -0.39 is 0 Å². The lowest BCUT2D eigenvalue weighted by atomic mass is 9.77. The van der Waals surface area contributed by atoms with E-state index in [0.29, 0.717) is 0 Å². The second-order valence-corrected chi connectivity index (χ2v) is 10.9. The monoisotopic (exact) mass is 434 g/mol. The Morgan fingerprint density at radius 1 is 0.656 bits per heavy atom. The van der Waals surface area contributed by atoms with Crippen molar-refractivity contribution in [2.45, 2.75) is 122 Å². The standard InChI is InChI=1S/C32H50/c1-3-5-7-11-27-15-17-28(18-16-27)13-9-10-14-30-21-25-32(26-22-30)31-23-19-29(20-24-31)12-8-6-4-2/h9-10,13-14,21-22,25-29,31H,3-8,11-12,15-20,23-24H2,1-2H3/t27-,28-,29-,31-. The van der Waals surface area contributed by atoms with Crippen LogP contribution in [0.4, 0.5) is 0 Å². The molecule has 2 aliphatic rings. The highest BCUT2D eigenvalue weighted by molar-refractivity contribution is 5.51. The third-order valence-corrected chi connectivity index (χ3v) is 8.36. The first-order valence-electron chi connectivity index (χ1n) is 14.2. The molecule has 0 bridgehead atoms. The smallest absolute Gasteiger partial charge is 0.0162 e. The predicted octanol–water partition coefficient (Wildman–Crippen LogP) is 10.5. The van der Waals surface area contributed by atoms with Crippen LogP contribution in [-0.4, -0.2) is 0 Å². The molecular formula is C32H50. The molecule has 0 atom stereocenters. The van der Waals surface area contributed by atoms with Crippen molar-refractivity contribution in [2.75, 3.05) is 0 Å². The number of allylic oxidation sites excluding steroid dienone is 3. The third kappa shape index (κ3) is 8.92. The van der Waals surface area contributed by atoms with Gasteiger partial charge in [-0.25, -0.2) is 0 Å². The molecule has 0 spiro atoms. The minimum Gasteiger partial charge on any atom is -0.0814 e. The van der Waals surface area contributed by atoms with Gasteiger partial charge in [0.25, 0.3) is 0 Å². The largest absolute Gasteiger partial charge is 0.0814 e. The van der Waals surface area contributed by atoms with E-state index in [0.717, 1.165) is 23.7 Å². The van der Waals surface area contributed by atoms with Gasteiger partial charge in [-0.05, 0) is 86.2 Å². The SMILES string of the molecule is CCCCC[C@H]1CC[C@H](C=CC=Cc2ccc([C@H]3CC[C@H](CCCCC)CC3)cc2)CC1. The molecule has 0 aromatic heterocycles. The van der Waals surface area contributed by atoms with E-state index in [-0.39, 0.29) is 0 Å². The van der Waals surface area contributed by atoms with Crippen molar-refractivity contribution in [1.29, 1.82) is 0 Å². The average Bonchev–Trinajstić information content (AvgIpc) is 2.84. The molecule has 0 heteroatoms. The lowest BCUT2D eigenvalue weighted by Crippen LogP contribution is -2.13. The Balaban J connectivity index is 1.35. The summed E-state index contributed by atoms with van der Waals surface area (Å²) in [4.78, 5) is 0. The first-order chi connectivity index (χ1) is 15.8. The number of hydrogen-bond acceptors (Lipinski definition) is 0. The zero-order chi connectivity index (χ0) is 22.4. The van der Waals surface area contributed by atoms with Gasteiger partial charge in [0.2, 0.25) is 0 Å². The first kappa shape index (κ1) is 25.3. The number of benzene rings is 1. The predicted molar refractivity (Wildman–Crippen MR) is 143 cm³/mol. The molecule has 1 aromatic carbocycles. The summed E-state index contributed by atoms with van der Waals surface area (Å²) >= 11 is 0. The summed E-state index contributed by atoms with van der Waals surface area (Å²) in [7, 11) is 0. The van der Waals surface area contributed by atoms with Crippen molar-refractivity contribution in [3.05, 3.63) is 53.6 Å². The van der Waals surface area contributed by atoms with Crippen molar-refractivity contribution in [2.24, 2.45) is 17.8 Å². The summed E-state index contributed by atoms with van der Waals surface area (Å²) < 4.78 is 0. The molecule has 2 saturated carbocycles. The maximum Gasteiger partial charge on any atom is -0.0162 e. The normalized spacial score (nSPS) is 26.8. The second-order valence-electron chi connectivity index (χ2n) is 10.9. The Bertz CT molecular complexity index is 648. The molecule has 0 nitrogen and oxygen atoms in total. The summed E-state index contributed by atoms with van der Waals surface area (Å²) in [5, 5.41) is 0. The number of hydrogen-bond donors (Lipinski definition) is 0. The Morgan fingerprint density at radius 2 is 1.22 bits per heavy atom. The van der Waals surface area contributed by atoms with Crippen LogP contribution in [0.5, 0.6) is 0 Å². The molecule has 0 amide bonds. The van der Waals surface area contributed by atoms with E-state index in [4.69, 9.17) is 0 Å². The van der Waals surface area contributed by atoms with Crippen molar-refractivity contribution >= 4 is 6.08 Å². The van der Waals surface area contributed by atoms with Gasteiger partial charge in [0, 0.05) is 0 Å². The molecule has 2 aliphatic carbocycles. The van der Waals surface area contributed by atoms with Gasteiger partial charge in [-0.3, -0.25) is 0 Å². The molecule has 0 radical (unpaired) electrons. The van der Waals surface area contributed by atoms with E-state index in [1.807, 2.05) is 0 Å². The van der Waals surface area contributed by atoms with Gasteiger partial charge < -0.3 is 0 Å². The van der Waals surface area contributed by atoms with E-state index >= 15 is 0 Å². The number of rotatable bonds is 12. The molecule has 0 saturated heterocycles. The molecule has 1 aromatic rings. The van der Waals surface area contributed by atoms with Crippen LogP contribution in [-0.2, 0) is 0 Å². The zero-order valence-corrected chi connectivity index (χ0v) is 21.2. The van der Waals surface area contributed by atoms with Crippen LogP contribution < -0.4 is 0 Å². The van der Waals surface area contributed by atoms with Gasteiger partial charge in [0.05, 0.1) is 0 Å². The molecule has 3 rings (SSSR count). The lowest BCUT2D eigenvalue weighted by molar-refractivity contribution is 0.289. The van der Waals surface area contributed by atoms with Gasteiger partial charge in [-0.15, -0.1) is 0 Å². The van der Waals surface area contributed by atoms with Crippen LogP contribution in [0, 0.1) is 17.8 Å². The van der Waals surface area contributed by atoms with E-state index in [2.05, 4.69) is 62.4 Å². The first-order valence-corrected chi connectivity index (χ1v) is 14.2. The number of unbranched alkanes of at least 4 members (excludes halogenated alkanes) is 4. The van der Waals surface area contributed by atoms with Crippen LogP contribution >= 0.6 is 0 Å². The summed E-state index contributed by atoms with van der Waals surface area (Å²) in [5.41, 5.74) is 2.91. The lowest BCUT2D eigenvalue weighted by Gasteiger charge is -2.29. The molecule has 0 N–H and O–H groups in total. The Kier molecular flexibility index (Phi) is 11.7. The molecule has 0 aliphatic heterocycles. The summed E-state index contributed by atoms with van der Waals surface area (Å²) in [5.74, 6) is 3.62. The summed E-state index contributed by atoms with van der Waals surface area (Å²) in [6.07, 6.45) is 32.1. The maximum absolute atomic E-state index is 2.46. The fraction of sp³-hybridized carbons (Fsp3) is 0.688.